The molecule has 6 aromatic carbocycles. The Bertz CT molecular complexity index is 1970. The van der Waals surface area contributed by atoms with Crippen LogP contribution in [0.4, 0.5) is 0 Å². The predicted octanol–water partition coefficient (Wildman–Crippen LogP) is 10.7. The second-order valence-corrected chi connectivity index (χ2v) is 10.5. The van der Waals surface area contributed by atoms with Crippen LogP contribution in [0.5, 0.6) is 0 Å². The van der Waals surface area contributed by atoms with Gasteiger partial charge >= 0.3 is 0 Å². The van der Waals surface area contributed by atoms with Gasteiger partial charge in [0, 0.05) is 11.4 Å². The molecule has 1 aromatic heterocycles. The van der Waals surface area contributed by atoms with Crippen molar-refractivity contribution in [3.05, 3.63) is 151 Å². The molecule has 190 valence electrons. The highest BCUT2D eigenvalue weighted by Gasteiger charge is 2.17. The minimum atomic E-state index is 1.04. The Labute approximate surface area is 235 Å². The molecule has 1 heteroatoms. The van der Waals surface area contributed by atoms with Crippen LogP contribution < -0.4 is 0 Å². The van der Waals surface area contributed by atoms with Gasteiger partial charge in [-0.25, -0.2) is 0 Å². The molecule has 1 heterocycles. The molecule has 0 aliphatic carbocycles. The van der Waals surface area contributed by atoms with Gasteiger partial charge in [-0.3, -0.25) is 4.98 Å². The summed E-state index contributed by atoms with van der Waals surface area (Å²) in [6.45, 7) is 4.11. The molecule has 0 atom stereocenters. The Morgan fingerprint density at radius 1 is 0.325 bits per heavy atom. The van der Waals surface area contributed by atoms with Crippen LogP contribution in [0.25, 0.3) is 66.1 Å². The zero-order chi connectivity index (χ0) is 27.1. The first-order valence-electron chi connectivity index (χ1n) is 13.8. The van der Waals surface area contributed by atoms with Crippen LogP contribution in [-0.4, -0.2) is 4.98 Å². The van der Waals surface area contributed by atoms with Crippen LogP contribution >= 0.6 is 0 Å². The summed E-state index contributed by atoms with van der Waals surface area (Å²) < 4.78 is 0. The van der Waals surface area contributed by atoms with Gasteiger partial charge in [0.1, 0.15) is 0 Å². The lowest BCUT2D eigenvalue weighted by Crippen LogP contribution is -1.91. The molecule has 0 amide bonds. The van der Waals surface area contributed by atoms with Crippen LogP contribution in [0, 0.1) is 13.8 Å². The van der Waals surface area contributed by atoms with E-state index in [2.05, 4.69) is 158 Å². The minimum absolute atomic E-state index is 1.04. The zero-order valence-electron chi connectivity index (χ0n) is 22.7. The Morgan fingerprint density at radius 3 is 1.30 bits per heavy atom. The van der Waals surface area contributed by atoms with Crippen molar-refractivity contribution in [1.29, 1.82) is 0 Å². The number of fused-ring (bicyclic) bond motifs is 2. The molecule has 0 saturated heterocycles. The second kappa shape index (κ2) is 9.94. The molecule has 1 nitrogen and oxygen atoms in total. The molecule has 0 fully saturated rings. The zero-order valence-corrected chi connectivity index (χ0v) is 22.7. The van der Waals surface area contributed by atoms with Crippen molar-refractivity contribution in [2.45, 2.75) is 13.8 Å². The van der Waals surface area contributed by atoms with E-state index in [1.54, 1.807) is 0 Å². The fourth-order valence-corrected chi connectivity index (χ4v) is 6.05. The molecule has 0 aliphatic rings. The van der Waals surface area contributed by atoms with Crippen molar-refractivity contribution in [1.82, 2.24) is 4.98 Å². The lowest BCUT2D eigenvalue weighted by molar-refractivity contribution is 1.12. The fourth-order valence-electron chi connectivity index (χ4n) is 6.05. The monoisotopic (exact) mass is 511 g/mol. The van der Waals surface area contributed by atoms with Crippen LogP contribution in [0.1, 0.15) is 11.4 Å². The minimum Gasteiger partial charge on any atom is -0.258 e. The Morgan fingerprint density at radius 2 is 0.750 bits per heavy atom. The second-order valence-electron chi connectivity index (χ2n) is 10.5. The summed E-state index contributed by atoms with van der Waals surface area (Å²) in [5.41, 5.74) is 12.0. The Balaban J connectivity index is 1.47. The van der Waals surface area contributed by atoms with E-state index >= 15 is 0 Å². The molecule has 0 N–H and O–H groups in total. The summed E-state index contributed by atoms with van der Waals surface area (Å²) in [5.74, 6) is 0. The third-order valence-corrected chi connectivity index (χ3v) is 7.78. The molecule has 0 radical (unpaired) electrons. The van der Waals surface area contributed by atoms with Crippen molar-refractivity contribution < 1.29 is 0 Å². The highest BCUT2D eigenvalue weighted by molar-refractivity contribution is 6.21. The van der Waals surface area contributed by atoms with Crippen LogP contribution in [0.2, 0.25) is 0 Å². The third kappa shape index (κ3) is 4.26. The smallest absolute Gasteiger partial charge is 0.0382 e. The highest BCUT2D eigenvalue weighted by atomic mass is 14.7. The quantitative estimate of drug-likeness (QED) is 0.214. The molecule has 40 heavy (non-hydrogen) atoms. The molecule has 0 unspecified atom stereocenters. The standard InChI is InChI=1S/C39H29N/c1-26-23-33(24-27(2)40-26)29-19-17-28(18-20-29)32-21-22-36-37(25-32)39(31-13-7-4-8-14-31)35-16-10-9-15-34(35)38(36)30-11-5-3-6-12-30/h3-25H,1-2H3. The van der Waals surface area contributed by atoms with Gasteiger partial charge in [-0.1, -0.05) is 121 Å². The molecule has 0 bridgehead atoms. The van der Waals surface area contributed by atoms with E-state index in [1.165, 1.54) is 66.1 Å². The number of rotatable bonds is 4. The van der Waals surface area contributed by atoms with Crippen molar-refractivity contribution in [3.8, 4) is 44.5 Å². The molecule has 7 rings (SSSR count). The topological polar surface area (TPSA) is 12.9 Å². The molecule has 0 saturated carbocycles. The molecular weight excluding hydrogens is 482 g/mol. The van der Waals surface area contributed by atoms with E-state index in [-0.39, 0.29) is 0 Å². The Kier molecular flexibility index (Phi) is 5.98. The van der Waals surface area contributed by atoms with Gasteiger partial charge in [-0.2, -0.15) is 0 Å². The lowest BCUT2D eigenvalue weighted by Gasteiger charge is -2.18. The van der Waals surface area contributed by atoms with Crippen LogP contribution in [0.3, 0.4) is 0 Å². The summed E-state index contributed by atoms with van der Waals surface area (Å²) in [6.07, 6.45) is 0. The first-order valence-corrected chi connectivity index (χ1v) is 13.8. The van der Waals surface area contributed by atoms with E-state index in [4.69, 9.17) is 0 Å². The van der Waals surface area contributed by atoms with Gasteiger partial charge in [0.15, 0.2) is 0 Å². The predicted molar refractivity (Wildman–Crippen MR) is 170 cm³/mol. The van der Waals surface area contributed by atoms with E-state index in [0.717, 1.165) is 11.4 Å². The summed E-state index contributed by atoms with van der Waals surface area (Å²) in [7, 11) is 0. The van der Waals surface area contributed by atoms with Crippen molar-refractivity contribution in [3.63, 3.8) is 0 Å². The van der Waals surface area contributed by atoms with Crippen LogP contribution in [0.15, 0.2) is 140 Å². The number of hydrogen-bond donors (Lipinski definition) is 0. The van der Waals surface area contributed by atoms with Gasteiger partial charge < -0.3 is 0 Å². The summed E-state index contributed by atoms with van der Waals surface area (Å²) >= 11 is 0. The van der Waals surface area contributed by atoms with Gasteiger partial charge in [0.25, 0.3) is 0 Å². The molecular formula is C39H29N. The average molecular weight is 512 g/mol. The third-order valence-electron chi connectivity index (χ3n) is 7.78. The summed E-state index contributed by atoms with van der Waals surface area (Å²) in [4.78, 5) is 4.54. The molecule has 0 spiro atoms. The van der Waals surface area contributed by atoms with Crippen LogP contribution in [-0.2, 0) is 0 Å². The fraction of sp³-hybridized carbons (Fsp3) is 0.0513. The maximum atomic E-state index is 4.54. The first-order chi connectivity index (χ1) is 19.7. The van der Waals surface area contributed by atoms with E-state index < -0.39 is 0 Å². The van der Waals surface area contributed by atoms with Gasteiger partial charge in [0.2, 0.25) is 0 Å². The lowest BCUT2D eigenvalue weighted by atomic mass is 9.85. The number of nitrogens with zero attached hydrogens (tertiary/aromatic N) is 1. The van der Waals surface area contributed by atoms with Gasteiger partial charge in [-0.15, -0.1) is 0 Å². The number of aromatic nitrogens is 1. The first kappa shape index (κ1) is 24.1. The molecule has 0 aliphatic heterocycles. The number of aryl methyl sites for hydroxylation is 2. The van der Waals surface area contributed by atoms with E-state index in [9.17, 15) is 0 Å². The normalized spacial score (nSPS) is 11.2. The Hall–Kier alpha value is -5.01. The maximum absolute atomic E-state index is 4.54. The van der Waals surface area contributed by atoms with E-state index in [1.807, 2.05) is 0 Å². The average Bonchev–Trinajstić information content (AvgIpc) is 3.00. The maximum Gasteiger partial charge on any atom is 0.0382 e. The van der Waals surface area contributed by atoms with Crippen molar-refractivity contribution in [2.24, 2.45) is 0 Å². The SMILES string of the molecule is Cc1cc(-c2ccc(-c3ccc4c(-c5ccccc5)c5ccccc5c(-c5ccccc5)c4c3)cc2)cc(C)n1. The highest BCUT2D eigenvalue weighted by Crippen LogP contribution is 2.44. The van der Waals surface area contributed by atoms with Gasteiger partial charge in [-0.05, 0) is 98.1 Å². The largest absolute Gasteiger partial charge is 0.258 e. The van der Waals surface area contributed by atoms with E-state index in [0.29, 0.717) is 0 Å². The van der Waals surface area contributed by atoms with Crippen molar-refractivity contribution >= 4 is 21.5 Å². The van der Waals surface area contributed by atoms with Crippen molar-refractivity contribution in [2.75, 3.05) is 0 Å². The summed E-state index contributed by atoms with van der Waals surface area (Å²) in [5, 5.41) is 5.09. The summed E-state index contributed by atoms with van der Waals surface area (Å²) in [6, 6.07) is 50.6. The molecule has 7 aromatic rings. The number of pyridine rings is 1. The van der Waals surface area contributed by atoms with Gasteiger partial charge in [0.05, 0.1) is 0 Å². The number of hydrogen-bond acceptors (Lipinski definition) is 1. The number of benzene rings is 6.